The monoisotopic (exact) mass is 354 g/mol. The predicted molar refractivity (Wildman–Crippen MR) is 94.3 cm³/mol. The van der Waals surface area contributed by atoms with E-state index in [0.717, 1.165) is 26.2 Å². The molecule has 6 heteroatoms. The summed E-state index contributed by atoms with van der Waals surface area (Å²) in [6.07, 6.45) is 0. The molecule has 0 aromatic heterocycles. The minimum Gasteiger partial charge on any atom is -0.506 e. The van der Waals surface area contributed by atoms with E-state index in [1.807, 2.05) is 12.1 Å². The maximum absolute atomic E-state index is 9.58. The van der Waals surface area contributed by atoms with E-state index in [9.17, 15) is 5.11 Å². The highest BCUT2D eigenvalue weighted by atomic mass is 35.5. The van der Waals surface area contributed by atoms with Crippen LogP contribution >= 0.6 is 36.4 Å². The number of benzene rings is 1. The third kappa shape index (κ3) is 5.19. The van der Waals surface area contributed by atoms with E-state index in [4.69, 9.17) is 11.6 Å². The molecule has 1 saturated heterocycles. The molecule has 1 heterocycles. The van der Waals surface area contributed by atoms with Crippen molar-refractivity contribution in [2.24, 2.45) is 5.41 Å². The van der Waals surface area contributed by atoms with Crippen molar-refractivity contribution in [1.82, 2.24) is 10.2 Å². The average molecular weight is 356 g/mol. The Morgan fingerprint density at radius 1 is 1.19 bits per heavy atom. The van der Waals surface area contributed by atoms with Crippen molar-refractivity contribution < 1.29 is 5.11 Å². The number of phenolic OH excluding ortho intramolecular Hbond substituents is 1. The van der Waals surface area contributed by atoms with Crippen molar-refractivity contribution in [3.8, 4) is 5.75 Å². The van der Waals surface area contributed by atoms with Crippen LogP contribution in [0.1, 0.15) is 32.4 Å². The van der Waals surface area contributed by atoms with Gasteiger partial charge in [-0.3, -0.25) is 4.90 Å². The lowest BCUT2D eigenvalue weighted by molar-refractivity contribution is 0.0862. The first-order valence-electron chi connectivity index (χ1n) is 6.83. The SMILES string of the molecule is CC(C)(C)[C@H](c1ccc(O)c(Cl)c1)N1CCNCC1.Cl.Cl. The summed E-state index contributed by atoms with van der Waals surface area (Å²) in [4.78, 5) is 2.50. The number of rotatable bonds is 2. The van der Waals surface area contributed by atoms with E-state index in [2.05, 4.69) is 31.0 Å². The van der Waals surface area contributed by atoms with Crippen molar-refractivity contribution in [3.63, 3.8) is 0 Å². The first-order valence-corrected chi connectivity index (χ1v) is 7.20. The smallest absolute Gasteiger partial charge is 0.134 e. The molecule has 1 aliphatic heterocycles. The van der Waals surface area contributed by atoms with E-state index >= 15 is 0 Å². The molecule has 122 valence electrons. The largest absolute Gasteiger partial charge is 0.506 e. The summed E-state index contributed by atoms with van der Waals surface area (Å²) in [6.45, 7) is 10.9. The van der Waals surface area contributed by atoms with Gasteiger partial charge in [-0.1, -0.05) is 38.4 Å². The number of hydrogen-bond acceptors (Lipinski definition) is 3. The fraction of sp³-hybridized carbons (Fsp3) is 0.600. The van der Waals surface area contributed by atoms with Gasteiger partial charge in [-0.2, -0.15) is 0 Å². The molecular formula is C15H25Cl3N2O. The van der Waals surface area contributed by atoms with Gasteiger partial charge in [0.15, 0.2) is 0 Å². The number of hydrogen-bond donors (Lipinski definition) is 2. The molecular weight excluding hydrogens is 331 g/mol. The normalized spacial score (nSPS) is 17.5. The van der Waals surface area contributed by atoms with Crippen molar-refractivity contribution in [2.45, 2.75) is 26.8 Å². The van der Waals surface area contributed by atoms with E-state index in [1.54, 1.807) is 6.07 Å². The van der Waals surface area contributed by atoms with Crippen LogP contribution in [0.5, 0.6) is 5.75 Å². The van der Waals surface area contributed by atoms with Gasteiger partial charge in [0.25, 0.3) is 0 Å². The topological polar surface area (TPSA) is 35.5 Å². The average Bonchev–Trinajstić information content (AvgIpc) is 2.34. The fourth-order valence-corrected chi connectivity index (χ4v) is 3.08. The van der Waals surface area contributed by atoms with Crippen LogP contribution in [0.25, 0.3) is 0 Å². The minimum atomic E-state index is 0. The molecule has 2 rings (SSSR count). The molecule has 2 N–H and O–H groups in total. The maximum Gasteiger partial charge on any atom is 0.134 e. The standard InChI is InChI=1S/C15H23ClN2O.2ClH/c1-15(2,3)14(18-8-6-17-7-9-18)11-4-5-13(19)12(16)10-11;;/h4-5,10,14,17,19H,6-9H2,1-3H3;2*1H/t14-;;/m0../s1. The van der Waals surface area contributed by atoms with Crippen molar-refractivity contribution >= 4 is 36.4 Å². The number of aromatic hydroxyl groups is 1. The van der Waals surface area contributed by atoms with Gasteiger partial charge in [-0.25, -0.2) is 0 Å². The molecule has 1 aromatic rings. The molecule has 1 aromatic carbocycles. The van der Waals surface area contributed by atoms with Crippen LogP contribution in [0.2, 0.25) is 5.02 Å². The number of phenols is 1. The van der Waals surface area contributed by atoms with Crippen LogP contribution in [0, 0.1) is 5.41 Å². The van der Waals surface area contributed by atoms with Crippen LogP contribution in [0.4, 0.5) is 0 Å². The quantitative estimate of drug-likeness (QED) is 0.845. The first kappa shape index (κ1) is 20.8. The Morgan fingerprint density at radius 3 is 2.24 bits per heavy atom. The summed E-state index contributed by atoms with van der Waals surface area (Å²) in [5, 5.41) is 13.4. The molecule has 0 bridgehead atoms. The first-order chi connectivity index (χ1) is 8.89. The van der Waals surface area contributed by atoms with Crippen LogP contribution in [-0.4, -0.2) is 36.2 Å². The Bertz CT molecular complexity index is 443. The highest BCUT2D eigenvalue weighted by Gasteiger charge is 2.32. The Kier molecular flexibility index (Phi) is 8.37. The fourth-order valence-electron chi connectivity index (χ4n) is 2.89. The molecule has 0 aliphatic carbocycles. The predicted octanol–water partition coefficient (Wildman–Crippen LogP) is 3.88. The molecule has 0 spiro atoms. The number of halogens is 3. The van der Waals surface area contributed by atoms with Gasteiger partial charge < -0.3 is 10.4 Å². The van der Waals surface area contributed by atoms with Crippen LogP contribution in [0.3, 0.4) is 0 Å². The van der Waals surface area contributed by atoms with Gasteiger partial charge in [-0.05, 0) is 23.1 Å². The molecule has 1 aliphatic rings. The second-order valence-electron chi connectivity index (χ2n) is 6.27. The molecule has 0 amide bonds. The Morgan fingerprint density at radius 2 is 1.76 bits per heavy atom. The molecule has 21 heavy (non-hydrogen) atoms. The summed E-state index contributed by atoms with van der Waals surface area (Å²) in [5.41, 5.74) is 1.30. The Labute approximate surface area is 144 Å². The van der Waals surface area contributed by atoms with Gasteiger partial charge >= 0.3 is 0 Å². The maximum atomic E-state index is 9.58. The molecule has 0 saturated carbocycles. The highest BCUT2D eigenvalue weighted by Crippen LogP contribution is 2.40. The summed E-state index contributed by atoms with van der Waals surface area (Å²) >= 11 is 6.07. The van der Waals surface area contributed by atoms with Crippen molar-refractivity contribution in [2.75, 3.05) is 26.2 Å². The van der Waals surface area contributed by atoms with Gasteiger partial charge in [0, 0.05) is 32.2 Å². The van der Waals surface area contributed by atoms with Crippen molar-refractivity contribution in [3.05, 3.63) is 28.8 Å². The zero-order valence-electron chi connectivity index (χ0n) is 12.7. The lowest BCUT2D eigenvalue weighted by Crippen LogP contribution is -2.48. The van der Waals surface area contributed by atoms with Gasteiger partial charge in [0.1, 0.15) is 5.75 Å². The molecule has 0 unspecified atom stereocenters. The number of piperazine rings is 1. The number of nitrogens with zero attached hydrogens (tertiary/aromatic N) is 1. The van der Waals surface area contributed by atoms with Gasteiger partial charge in [0.2, 0.25) is 0 Å². The van der Waals surface area contributed by atoms with E-state index in [1.165, 1.54) is 5.56 Å². The Balaban J connectivity index is 0.00000200. The van der Waals surface area contributed by atoms with Crippen LogP contribution < -0.4 is 5.32 Å². The zero-order chi connectivity index (χ0) is 14.0. The molecule has 1 atom stereocenters. The van der Waals surface area contributed by atoms with E-state index < -0.39 is 0 Å². The second-order valence-corrected chi connectivity index (χ2v) is 6.67. The third-order valence-corrected chi connectivity index (χ3v) is 3.93. The summed E-state index contributed by atoms with van der Waals surface area (Å²) in [7, 11) is 0. The minimum absolute atomic E-state index is 0. The van der Waals surface area contributed by atoms with Crippen molar-refractivity contribution in [1.29, 1.82) is 0 Å². The third-order valence-electron chi connectivity index (χ3n) is 3.62. The lowest BCUT2D eigenvalue weighted by atomic mass is 9.81. The second kappa shape index (κ2) is 8.44. The number of nitrogens with one attached hydrogen (secondary N) is 1. The molecule has 3 nitrogen and oxygen atoms in total. The Hall–Kier alpha value is -0.190. The van der Waals surface area contributed by atoms with Crippen LogP contribution in [0.15, 0.2) is 18.2 Å². The summed E-state index contributed by atoms with van der Waals surface area (Å²) < 4.78 is 0. The lowest BCUT2D eigenvalue weighted by Gasteiger charge is -2.42. The van der Waals surface area contributed by atoms with Gasteiger partial charge in [-0.15, -0.1) is 24.8 Å². The summed E-state index contributed by atoms with van der Waals surface area (Å²) in [5.74, 6) is 0.151. The van der Waals surface area contributed by atoms with Crippen LogP contribution in [-0.2, 0) is 0 Å². The molecule has 0 radical (unpaired) electrons. The molecule has 1 fully saturated rings. The zero-order valence-corrected chi connectivity index (χ0v) is 15.1. The highest BCUT2D eigenvalue weighted by molar-refractivity contribution is 6.32. The van der Waals surface area contributed by atoms with E-state index in [-0.39, 0.29) is 36.0 Å². The van der Waals surface area contributed by atoms with Gasteiger partial charge in [0.05, 0.1) is 5.02 Å². The summed E-state index contributed by atoms with van der Waals surface area (Å²) in [6, 6.07) is 5.89. The van der Waals surface area contributed by atoms with E-state index in [0.29, 0.717) is 11.1 Å².